The van der Waals surface area contributed by atoms with Gasteiger partial charge in [-0.2, -0.15) is 4.31 Å². The Balaban J connectivity index is 2.02. The molecular weight excluding hydrogens is 428 g/mol. The van der Waals surface area contributed by atoms with Crippen molar-refractivity contribution in [3.05, 3.63) is 18.2 Å². The number of hydrogen-bond acceptors (Lipinski definition) is 7. The van der Waals surface area contributed by atoms with Crippen LogP contribution in [0.1, 0.15) is 19.3 Å². The van der Waals surface area contributed by atoms with Gasteiger partial charge in [-0.15, -0.1) is 0 Å². The van der Waals surface area contributed by atoms with Gasteiger partial charge in [0, 0.05) is 19.6 Å². The molecule has 2 aliphatic heterocycles. The average Bonchev–Trinajstić information content (AvgIpc) is 3.00. The number of hydrogen-bond donors (Lipinski definition) is 0. The van der Waals surface area contributed by atoms with Gasteiger partial charge in [-0.25, -0.2) is 25.3 Å². The van der Waals surface area contributed by atoms with Crippen LogP contribution in [0.25, 0.3) is 0 Å². The molecule has 1 atom stereocenters. The number of ether oxygens (including phenoxy) is 1. The molecule has 1 aromatic carbocycles. The van der Waals surface area contributed by atoms with Crippen LogP contribution in [0.3, 0.4) is 0 Å². The lowest BCUT2D eigenvalue weighted by atomic mass is 10.2. The molecule has 2 saturated heterocycles. The number of nitrogens with zero attached hydrogens (tertiary/aromatic N) is 2. The minimum atomic E-state index is -4.09. The van der Waals surface area contributed by atoms with Gasteiger partial charge in [-0.3, -0.25) is 4.31 Å². The van der Waals surface area contributed by atoms with Crippen LogP contribution in [-0.4, -0.2) is 73.6 Å². The van der Waals surface area contributed by atoms with E-state index < -0.39 is 35.9 Å². The lowest BCUT2D eigenvalue weighted by Gasteiger charge is -2.29. The van der Waals surface area contributed by atoms with Gasteiger partial charge in [0.15, 0.2) is 9.84 Å². The zero-order chi connectivity index (χ0) is 20.7. The van der Waals surface area contributed by atoms with Gasteiger partial charge in [0.1, 0.15) is 10.6 Å². The van der Waals surface area contributed by atoms with Crippen LogP contribution in [0.15, 0.2) is 23.1 Å². The molecule has 0 N–H and O–H groups in total. The topological polar surface area (TPSA) is 118 Å². The number of methoxy groups -OCH3 is 1. The van der Waals surface area contributed by atoms with Crippen molar-refractivity contribution in [3.8, 4) is 5.75 Å². The molecule has 0 radical (unpaired) electrons. The first-order chi connectivity index (χ1) is 13.0. The van der Waals surface area contributed by atoms with Gasteiger partial charge >= 0.3 is 0 Å². The molecule has 28 heavy (non-hydrogen) atoms. The molecule has 158 valence electrons. The summed E-state index contributed by atoms with van der Waals surface area (Å²) in [6.07, 6.45) is 1.48. The van der Waals surface area contributed by atoms with Crippen LogP contribution < -0.4 is 9.04 Å². The van der Waals surface area contributed by atoms with E-state index in [1.807, 2.05) is 0 Å². The number of rotatable bonds is 5. The Morgan fingerprint density at radius 3 is 2.43 bits per heavy atom. The fourth-order valence-electron chi connectivity index (χ4n) is 3.51. The number of benzene rings is 1. The summed E-state index contributed by atoms with van der Waals surface area (Å²) in [6, 6.07) is 3.56. The quantitative estimate of drug-likeness (QED) is 0.636. The third kappa shape index (κ3) is 4.00. The van der Waals surface area contributed by atoms with Crippen molar-refractivity contribution >= 4 is 35.6 Å². The minimum Gasteiger partial charge on any atom is -0.495 e. The smallest absolute Gasteiger partial charge is 0.246 e. The van der Waals surface area contributed by atoms with Crippen LogP contribution in [0.4, 0.5) is 5.69 Å². The van der Waals surface area contributed by atoms with Crippen molar-refractivity contribution in [1.82, 2.24) is 4.31 Å². The van der Waals surface area contributed by atoms with Crippen molar-refractivity contribution in [2.75, 3.05) is 42.3 Å². The summed E-state index contributed by atoms with van der Waals surface area (Å²) in [5.74, 6) is -0.196. The number of anilines is 1. The molecule has 0 aromatic heterocycles. The summed E-state index contributed by atoms with van der Waals surface area (Å²) in [5, 5.41) is 0. The van der Waals surface area contributed by atoms with Crippen LogP contribution in [0.2, 0.25) is 0 Å². The van der Waals surface area contributed by atoms with Crippen molar-refractivity contribution in [3.63, 3.8) is 0 Å². The molecule has 0 bridgehead atoms. The van der Waals surface area contributed by atoms with Crippen molar-refractivity contribution in [2.24, 2.45) is 0 Å². The van der Waals surface area contributed by atoms with E-state index in [9.17, 15) is 25.3 Å². The molecule has 0 amide bonds. The fourth-order valence-corrected chi connectivity index (χ4v) is 8.57. The van der Waals surface area contributed by atoms with E-state index in [4.69, 9.17) is 4.74 Å². The summed E-state index contributed by atoms with van der Waals surface area (Å²) in [5.41, 5.74) is 0.256. The average molecular weight is 453 g/mol. The minimum absolute atomic E-state index is 0.0148. The van der Waals surface area contributed by atoms with E-state index in [1.54, 1.807) is 0 Å². The molecule has 0 unspecified atom stereocenters. The third-order valence-electron chi connectivity index (χ3n) is 5.16. The second-order valence-corrected chi connectivity index (χ2v) is 13.2. The molecule has 2 aliphatic rings. The SMILES string of the molecule is COc1ccc(N2CCCCS2(=O)=O)cc1S(=O)(=O)N(C)[C@H]1CCS(=O)(=O)C1. The molecular formula is C16H24N2O7S3. The summed E-state index contributed by atoms with van der Waals surface area (Å²) in [4.78, 5) is -0.180. The van der Waals surface area contributed by atoms with E-state index in [-0.39, 0.29) is 46.6 Å². The summed E-state index contributed by atoms with van der Waals surface area (Å²) in [6.45, 7) is 0.283. The molecule has 3 rings (SSSR count). The highest BCUT2D eigenvalue weighted by Gasteiger charge is 2.38. The fraction of sp³-hybridized carbons (Fsp3) is 0.625. The van der Waals surface area contributed by atoms with E-state index in [1.165, 1.54) is 36.7 Å². The second-order valence-electron chi connectivity index (χ2n) is 7.01. The van der Waals surface area contributed by atoms with Gasteiger partial charge in [0.05, 0.1) is 30.1 Å². The van der Waals surface area contributed by atoms with Crippen molar-refractivity contribution < 1.29 is 30.0 Å². The lowest BCUT2D eigenvalue weighted by molar-refractivity contribution is 0.380. The van der Waals surface area contributed by atoms with Gasteiger partial charge in [-0.1, -0.05) is 0 Å². The second kappa shape index (κ2) is 7.47. The Hall–Kier alpha value is -1.37. The van der Waals surface area contributed by atoms with Crippen LogP contribution in [-0.2, 0) is 29.9 Å². The molecule has 1 aromatic rings. The van der Waals surface area contributed by atoms with Crippen molar-refractivity contribution in [2.45, 2.75) is 30.2 Å². The summed E-state index contributed by atoms with van der Waals surface area (Å²) in [7, 11) is -8.20. The zero-order valence-electron chi connectivity index (χ0n) is 15.7. The first-order valence-electron chi connectivity index (χ1n) is 8.85. The van der Waals surface area contributed by atoms with Crippen LogP contribution >= 0.6 is 0 Å². The van der Waals surface area contributed by atoms with Gasteiger partial charge < -0.3 is 4.74 Å². The van der Waals surface area contributed by atoms with Gasteiger partial charge in [0.2, 0.25) is 20.0 Å². The zero-order valence-corrected chi connectivity index (χ0v) is 18.2. The van der Waals surface area contributed by atoms with Crippen LogP contribution in [0.5, 0.6) is 5.75 Å². The lowest BCUT2D eigenvalue weighted by Crippen LogP contribution is -2.39. The standard InChI is InChI=1S/C16H24N2O7S3/c1-17(14-7-10-26(19,20)12-14)28(23,24)16-11-13(5-6-15(16)25-2)18-8-3-4-9-27(18,21)22/h5-6,11,14H,3-4,7-10,12H2,1-2H3/t14-/m0/s1. The Morgan fingerprint density at radius 2 is 1.86 bits per heavy atom. The first-order valence-corrected chi connectivity index (χ1v) is 13.7. The number of sulfone groups is 1. The molecule has 2 fully saturated rings. The number of sulfonamides is 2. The van der Waals surface area contributed by atoms with Gasteiger partial charge in [0.25, 0.3) is 0 Å². The van der Waals surface area contributed by atoms with Crippen LogP contribution in [0, 0.1) is 0 Å². The molecule has 2 heterocycles. The van der Waals surface area contributed by atoms with E-state index in [0.29, 0.717) is 12.8 Å². The molecule has 0 saturated carbocycles. The highest BCUT2D eigenvalue weighted by molar-refractivity contribution is 7.93. The Bertz CT molecular complexity index is 1070. The van der Waals surface area contributed by atoms with E-state index in [2.05, 4.69) is 0 Å². The monoisotopic (exact) mass is 452 g/mol. The molecule has 0 aliphatic carbocycles. The molecule has 0 spiro atoms. The molecule has 12 heteroatoms. The maximum absolute atomic E-state index is 13.2. The normalized spacial score (nSPS) is 24.4. The predicted molar refractivity (Wildman–Crippen MR) is 105 cm³/mol. The van der Waals surface area contributed by atoms with E-state index in [0.717, 1.165) is 4.31 Å². The summed E-state index contributed by atoms with van der Waals surface area (Å²) < 4.78 is 82.1. The Morgan fingerprint density at radius 1 is 1.14 bits per heavy atom. The molecule has 9 nitrogen and oxygen atoms in total. The first kappa shape index (κ1) is 21.3. The predicted octanol–water partition coefficient (Wildman–Crippen LogP) is 0.433. The maximum Gasteiger partial charge on any atom is 0.246 e. The van der Waals surface area contributed by atoms with E-state index >= 15 is 0 Å². The highest BCUT2D eigenvalue weighted by Crippen LogP contribution is 2.34. The van der Waals surface area contributed by atoms with Gasteiger partial charge in [-0.05, 0) is 37.5 Å². The van der Waals surface area contributed by atoms with Crippen molar-refractivity contribution in [1.29, 1.82) is 0 Å². The summed E-state index contributed by atoms with van der Waals surface area (Å²) >= 11 is 0. The maximum atomic E-state index is 13.2. The Kier molecular flexibility index (Phi) is 5.69. The third-order valence-corrected chi connectivity index (χ3v) is 10.7. The highest BCUT2D eigenvalue weighted by atomic mass is 32.2. The largest absolute Gasteiger partial charge is 0.495 e. The Labute approximate surface area is 166 Å².